The fraction of sp³-hybridized carbons (Fsp3) is 0.133. The standard InChI is InChI=1S/C15H16N4OS.2ClH.Cu/c1-11(14-5-3-4-10-16-14)18-19-15(21)17-12-6-8-13(20-2)9-7-12;;;/h3-10H,1-2H3,(H2,17,19,21);2*1H;/q;;;+2/p-2. The van der Waals surface area contributed by atoms with E-state index in [9.17, 15) is 0 Å². The zero-order chi connectivity index (χ0) is 17.8. The van der Waals surface area contributed by atoms with Crippen LogP contribution in [-0.2, 0) is 13.1 Å². The quantitative estimate of drug-likeness (QED) is 0.327. The topological polar surface area (TPSA) is 58.5 Å². The third kappa shape index (κ3) is 7.95. The van der Waals surface area contributed by atoms with Crippen molar-refractivity contribution in [1.82, 2.24) is 10.4 Å². The van der Waals surface area contributed by atoms with Gasteiger partial charge in [-0.15, -0.1) is 0 Å². The summed E-state index contributed by atoms with van der Waals surface area (Å²) in [4.78, 5) is 4.21. The predicted octanol–water partition coefficient (Wildman–Crippen LogP) is 4.18. The van der Waals surface area contributed by atoms with Gasteiger partial charge in [0.05, 0.1) is 18.5 Å². The average Bonchev–Trinajstić information content (AvgIpc) is 2.62. The van der Waals surface area contributed by atoms with Gasteiger partial charge in [-0.05, 0) is 55.5 Å². The number of hydrogen-bond acceptors (Lipinski definition) is 4. The van der Waals surface area contributed by atoms with Crippen LogP contribution in [0, 0.1) is 0 Å². The summed E-state index contributed by atoms with van der Waals surface area (Å²) in [6, 6.07) is 13.1. The van der Waals surface area contributed by atoms with Gasteiger partial charge in [0.2, 0.25) is 0 Å². The number of halogens is 2. The van der Waals surface area contributed by atoms with E-state index in [0.717, 1.165) is 36.0 Å². The zero-order valence-corrected chi connectivity index (χ0v) is 16.2. The molecule has 0 saturated carbocycles. The SMILES string of the molecule is COc1ccc(NC(=S)NN=C(C)c2ccccn2)cc1.[Cl][Cu][Cl]. The Morgan fingerprint density at radius 2 is 1.88 bits per heavy atom. The van der Waals surface area contributed by atoms with Crippen LogP contribution in [0.4, 0.5) is 5.69 Å². The molecule has 1 aromatic heterocycles. The number of thiocarbonyl (C=S) groups is 1. The molecule has 2 aromatic rings. The molecule has 0 bridgehead atoms. The van der Waals surface area contributed by atoms with Crippen molar-refractivity contribution in [2.75, 3.05) is 12.4 Å². The van der Waals surface area contributed by atoms with Crippen molar-refractivity contribution in [3.8, 4) is 5.75 Å². The number of hydrogen-bond donors (Lipinski definition) is 2. The summed E-state index contributed by atoms with van der Waals surface area (Å²) in [5.74, 6) is 0.795. The zero-order valence-electron chi connectivity index (χ0n) is 12.9. The summed E-state index contributed by atoms with van der Waals surface area (Å²) in [7, 11) is 11.0. The molecular formula is C15H16Cl2CuN4OS. The molecule has 0 radical (unpaired) electrons. The second kappa shape index (κ2) is 12.1. The Morgan fingerprint density at radius 1 is 1.21 bits per heavy atom. The van der Waals surface area contributed by atoms with Crippen LogP contribution in [0.15, 0.2) is 53.8 Å². The number of methoxy groups -OCH3 is 1. The van der Waals surface area contributed by atoms with Gasteiger partial charge in [-0.1, -0.05) is 6.07 Å². The van der Waals surface area contributed by atoms with Gasteiger partial charge in [0.1, 0.15) is 5.75 Å². The van der Waals surface area contributed by atoms with E-state index in [0.29, 0.717) is 5.11 Å². The van der Waals surface area contributed by atoms with Crippen LogP contribution >= 0.6 is 32.4 Å². The number of rotatable bonds is 4. The minimum absolute atomic E-state index is 0.412. The summed E-state index contributed by atoms with van der Waals surface area (Å²) in [6.45, 7) is 1.87. The summed E-state index contributed by atoms with van der Waals surface area (Å²) >= 11 is 5.94. The molecule has 1 heterocycles. The van der Waals surface area contributed by atoms with Crippen molar-refractivity contribution >= 4 is 48.9 Å². The molecule has 0 aliphatic heterocycles. The minimum atomic E-state index is 0.412. The molecule has 5 nitrogen and oxygen atoms in total. The van der Waals surface area contributed by atoms with Gasteiger partial charge in [0.25, 0.3) is 0 Å². The average molecular weight is 435 g/mol. The third-order valence-corrected chi connectivity index (χ3v) is 2.90. The first-order chi connectivity index (χ1) is 11.6. The molecule has 0 saturated heterocycles. The fourth-order valence-electron chi connectivity index (χ4n) is 1.60. The predicted molar refractivity (Wildman–Crippen MR) is 101 cm³/mol. The van der Waals surface area contributed by atoms with Crippen LogP contribution in [-0.4, -0.2) is 22.9 Å². The number of anilines is 1. The van der Waals surface area contributed by atoms with Gasteiger partial charge in [-0.25, -0.2) is 0 Å². The van der Waals surface area contributed by atoms with Gasteiger partial charge >= 0.3 is 33.3 Å². The number of aromatic nitrogens is 1. The first kappa shape index (κ1) is 20.7. The summed E-state index contributed by atoms with van der Waals surface area (Å²) < 4.78 is 5.10. The van der Waals surface area contributed by atoms with E-state index in [2.05, 4.69) is 41.0 Å². The summed E-state index contributed by atoms with van der Waals surface area (Å²) in [6.07, 6.45) is 1.72. The Labute approximate surface area is 161 Å². The summed E-state index contributed by atoms with van der Waals surface area (Å²) in [5.41, 5.74) is 5.22. The van der Waals surface area contributed by atoms with Crippen molar-refractivity contribution < 1.29 is 17.9 Å². The van der Waals surface area contributed by atoms with Crippen LogP contribution in [0.1, 0.15) is 12.6 Å². The van der Waals surface area contributed by atoms with Crippen LogP contribution in [0.2, 0.25) is 0 Å². The molecule has 0 atom stereocenters. The van der Waals surface area contributed by atoms with Gasteiger partial charge in [0, 0.05) is 11.9 Å². The molecule has 0 fully saturated rings. The Hall–Kier alpha value is -1.37. The molecule has 2 rings (SSSR count). The maximum atomic E-state index is 5.18. The monoisotopic (exact) mass is 433 g/mol. The molecule has 0 spiro atoms. The third-order valence-electron chi connectivity index (χ3n) is 2.71. The first-order valence-corrected chi connectivity index (χ1v) is 9.58. The summed E-state index contributed by atoms with van der Waals surface area (Å²) in [5, 5.41) is 7.65. The van der Waals surface area contributed by atoms with Crippen molar-refractivity contribution in [1.29, 1.82) is 0 Å². The van der Waals surface area contributed by atoms with Crippen molar-refractivity contribution in [3.05, 3.63) is 54.4 Å². The number of pyridine rings is 1. The number of benzene rings is 1. The van der Waals surface area contributed by atoms with Gasteiger partial charge in [-0.3, -0.25) is 10.4 Å². The van der Waals surface area contributed by atoms with Crippen molar-refractivity contribution in [2.45, 2.75) is 6.92 Å². The Morgan fingerprint density at radius 3 is 2.42 bits per heavy atom. The fourth-order valence-corrected chi connectivity index (χ4v) is 1.77. The van der Waals surface area contributed by atoms with Gasteiger partial charge < -0.3 is 10.1 Å². The Kier molecular flexibility index (Phi) is 10.4. The van der Waals surface area contributed by atoms with Crippen LogP contribution in [0.3, 0.4) is 0 Å². The second-order valence-electron chi connectivity index (χ2n) is 4.25. The van der Waals surface area contributed by atoms with E-state index >= 15 is 0 Å². The van der Waals surface area contributed by atoms with Crippen LogP contribution < -0.4 is 15.5 Å². The molecule has 0 aliphatic rings. The second-order valence-corrected chi connectivity index (χ2v) is 6.21. The van der Waals surface area contributed by atoms with Crippen LogP contribution in [0.25, 0.3) is 0 Å². The Balaban J connectivity index is 0.000000891. The van der Waals surface area contributed by atoms with Gasteiger partial charge in [-0.2, -0.15) is 5.10 Å². The molecule has 1 aromatic carbocycles. The van der Waals surface area contributed by atoms with E-state index in [-0.39, 0.29) is 0 Å². The van der Waals surface area contributed by atoms with Crippen molar-refractivity contribution in [3.63, 3.8) is 0 Å². The molecule has 0 unspecified atom stereocenters. The van der Waals surface area contributed by atoms with E-state index < -0.39 is 0 Å². The molecule has 9 heteroatoms. The van der Waals surface area contributed by atoms with E-state index in [1.807, 2.05) is 49.4 Å². The van der Waals surface area contributed by atoms with Crippen LogP contribution in [0.5, 0.6) is 5.75 Å². The molecule has 0 amide bonds. The van der Waals surface area contributed by atoms with E-state index in [1.165, 1.54) is 0 Å². The molecule has 133 valence electrons. The molecule has 24 heavy (non-hydrogen) atoms. The number of ether oxygens (including phenoxy) is 1. The van der Waals surface area contributed by atoms with Crippen molar-refractivity contribution in [2.24, 2.45) is 5.10 Å². The number of hydrazone groups is 1. The number of nitrogens with one attached hydrogen (secondary N) is 2. The molecular weight excluding hydrogens is 419 g/mol. The molecule has 0 aliphatic carbocycles. The number of nitrogens with zero attached hydrogens (tertiary/aromatic N) is 2. The maximum absolute atomic E-state index is 5.18. The normalized spacial score (nSPS) is 10.4. The molecule has 2 N–H and O–H groups in total. The van der Waals surface area contributed by atoms with Gasteiger partial charge in [0.15, 0.2) is 5.11 Å². The Bertz CT molecular complexity index is 656. The first-order valence-electron chi connectivity index (χ1n) is 6.58. The van der Waals surface area contributed by atoms with E-state index in [4.69, 9.17) is 17.0 Å². The van der Waals surface area contributed by atoms with E-state index in [1.54, 1.807) is 13.3 Å².